The molecule has 0 unspecified atom stereocenters. The van der Waals surface area contributed by atoms with Crippen LogP contribution in [0.2, 0.25) is 0 Å². The molecule has 2 aromatic carbocycles. The SMILES string of the molecule is O=C1c2c(c(O)c3c(O)cccc3c2O)C(=O)C12CCCC2. The lowest BCUT2D eigenvalue weighted by atomic mass is 9.81. The molecule has 0 aromatic heterocycles. The fourth-order valence-corrected chi connectivity index (χ4v) is 3.94. The van der Waals surface area contributed by atoms with Crippen LogP contribution in [-0.2, 0) is 0 Å². The lowest BCUT2D eigenvalue weighted by Gasteiger charge is -2.17. The minimum atomic E-state index is -1.13. The monoisotopic (exact) mass is 298 g/mol. The first kappa shape index (κ1) is 13.1. The van der Waals surface area contributed by atoms with Crippen molar-refractivity contribution in [3.8, 4) is 17.2 Å². The summed E-state index contributed by atoms with van der Waals surface area (Å²) in [7, 11) is 0. The van der Waals surface area contributed by atoms with Crippen LogP contribution in [0.4, 0.5) is 0 Å². The van der Waals surface area contributed by atoms with Gasteiger partial charge in [0.15, 0.2) is 11.6 Å². The molecule has 2 aliphatic carbocycles. The number of hydrogen-bond donors (Lipinski definition) is 3. The molecule has 0 amide bonds. The Kier molecular flexibility index (Phi) is 2.39. The molecule has 0 radical (unpaired) electrons. The number of carbonyl (C=O) groups is 2. The fraction of sp³-hybridized carbons (Fsp3) is 0.294. The zero-order valence-electron chi connectivity index (χ0n) is 11.7. The van der Waals surface area contributed by atoms with E-state index in [1.165, 1.54) is 18.2 Å². The minimum Gasteiger partial charge on any atom is -0.507 e. The van der Waals surface area contributed by atoms with E-state index < -0.39 is 22.7 Å². The lowest BCUT2D eigenvalue weighted by Crippen LogP contribution is -2.29. The summed E-state index contributed by atoms with van der Waals surface area (Å²) in [4.78, 5) is 25.6. The molecule has 22 heavy (non-hydrogen) atoms. The van der Waals surface area contributed by atoms with Crippen molar-refractivity contribution in [3.05, 3.63) is 29.3 Å². The highest BCUT2D eigenvalue weighted by Crippen LogP contribution is 2.55. The van der Waals surface area contributed by atoms with Crippen molar-refractivity contribution >= 4 is 22.3 Å². The summed E-state index contributed by atoms with van der Waals surface area (Å²) in [6, 6.07) is 4.37. The summed E-state index contributed by atoms with van der Waals surface area (Å²) in [6.45, 7) is 0. The van der Waals surface area contributed by atoms with Gasteiger partial charge in [-0.1, -0.05) is 25.0 Å². The molecule has 112 valence electrons. The van der Waals surface area contributed by atoms with Crippen LogP contribution in [0, 0.1) is 5.41 Å². The highest BCUT2D eigenvalue weighted by atomic mass is 16.3. The molecule has 2 aromatic rings. The molecular weight excluding hydrogens is 284 g/mol. The maximum absolute atomic E-state index is 12.8. The zero-order chi connectivity index (χ0) is 15.6. The van der Waals surface area contributed by atoms with Crippen LogP contribution in [-0.4, -0.2) is 26.9 Å². The van der Waals surface area contributed by atoms with E-state index in [4.69, 9.17) is 0 Å². The first-order valence-corrected chi connectivity index (χ1v) is 7.28. The molecular formula is C17H14O5. The Labute approximate surface area is 125 Å². The molecule has 1 fully saturated rings. The number of aromatic hydroxyl groups is 3. The maximum atomic E-state index is 12.8. The number of phenolic OH excluding ortho intramolecular Hbond substituents is 3. The molecule has 5 nitrogen and oxygen atoms in total. The highest BCUT2D eigenvalue weighted by molar-refractivity contribution is 6.34. The van der Waals surface area contributed by atoms with Gasteiger partial charge in [0.25, 0.3) is 0 Å². The van der Waals surface area contributed by atoms with Gasteiger partial charge in [0, 0.05) is 5.39 Å². The van der Waals surface area contributed by atoms with Crippen molar-refractivity contribution in [2.75, 3.05) is 0 Å². The summed E-state index contributed by atoms with van der Waals surface area (Å²) in [5.74, 6) is -1.81. The van der Waals surface area contributed by atoms with Gasteiger partial charge in [0.1, 0.15) is 17.2 Å². The normalized spacial score (nSPS) is 19.3. The van der Waals surface area contributed by atoms with Gasteiger partial charge in [0.2, 0.25) is 0 Å². The molecule has 0 heterocycles. The molecule has 0 aliphatic heterocycles. The smallest absolute Gasteiger partial charge is 0.181 e. The quantitative estimate of drug-likeness (QED) is 0.513. The molecule has 0 bridgehead atoms. The third-order valence-electron chi connectivity index (χ3n) is 5.04. The summed E-state index contributed by atoms with van der Waals surface area (Å²) < 4.78 is 0. The van der Waals surface area contributed by atoms with E-state index in [0.29, 0.717) is 12.8 Å². The first-order valence-electron chi connectivity index (χ1n) is 7.28. The third-order valence-corrected chi connectivity index (χ3v) is 5.04. The van der Waals surface area contributed by atoms with E-state index in [0.717, 1.165) is 12.8 Å². The number of hydrogen-bond acceptors (Lipinski definition) is 5. The second kappa shape index (κ2) is 4.00. The largest absolute Gasteiger partial charge is 0.507 e. The molecule has 1 spiro atoms. The van der Waals surface area contributed by atoms with Gasteiger partial charge in [-0.2, -0.15) is 0 Å². The minimum absolute atomic E-state index is 0.00921. The number of rotatable bonds is 0. The van der Waals surface area contributed by atoms with E-state index in [1.807, 2.05) is 0 Å². The van der Waals surface area contributed by atoms with Gasteiger partial charge in [-0.05, 0) is 18.9 Å². The maximum Gasteiger partial charge on any atom is 0.181 e. The fourth-order valence-electron chi connectivity index (χ4n) is 3.94. The Hall–Kier alpha value is -2.56. The van der Waals surface area contributed by atoms with Crippen molar-refractivity contribution in [1.82, 2.24) is 0 Å². The first-order chi connectivity index (χ1) is 10.5. The number of phenols is 3. The zero-order valence-corrected chi connectivity index (χ0v) is 11.7. The Morgan fingerprint density at radius 1 is 0.864 bits per heavy atom. The van der Waals surface area contributed by atoms with E-state index in [1.54, 1.807) is 0 Å². The Morgan fingerprint density at radius 3 is 2.09 bits per heavy atom. The van der Waals surface area contributed by atoms with Gasteiger partial charge in [-0.3, -0.25) is 9.59 Å². The summed E-state index contributed by atoms with van der Waals surface area (Å²) in [6.07, 6.45) is 2.44. The van der Waals surface area contributed by atoms with Crippen molar-refractivity contribution in [1.29, 1.82) is 0 Å². The summed E-state index contributed by atoms with van der Waals surface area (Å²) in [5.41, 5.74) is -1.37. The number of ketones is 2. The van der Waals surface area contributed by atoms with Crippen molar-refractivity contribution in [2.45, 2.75) is 25.7 Å². The standard InChI is InChI=1S/C17H14O5/c18-9-5-3-4-8-10(9)14(20)12-11(13(8)19)15(21)17(16(12)22)6-1-2-7-17/h3-5,18-20H,1-2,6-7H2. The average Bonchev–Trinajstić information content (AvgIpc) is 3.06. The van der Waals surface area contributed by atoms with E-state index in [9.17, 15) is 24.9 Å². The van der Waals surface area contributed by atoms with Crippen LogP contribution in [0.15, 0.2) is 18.2 Å². The average molecular weight is 298 g/mol. The molecule has 0 saturated heterocycles. The Bertz CT molecular complexity index is 859. The predicted octanol–water partition coefficient (Wildman–Crippen LogP) is 2.90. The van der Waals surface area contributed by atoms with Gasteiger partial charge >= 0.3 is 0 Å². The second-order valence-corrected chi connectivity index (χ2v) is 6.09. The van der Waals surface area contributed by atoms with Crippen molar-refractivity contribution in [2.24, 2.45) is 5.41 Å². The van der Waals surface area contributed by atoms with E-state index in [2.05, 4.69) is 0 Å². The van der Waals surface area contributed by atoms with Gasteiger partial charge in [-0.25, -0.2) is 0 Å². The Balaban J connectivity index is 2.14. The second-order valence-electron chi connectivity index (χ2n) is 6.09. The van der Waals surface area contributed by atoms with E-state index >= 15 is 0 Å². The summed E-state index contributed by atoms with van der Waals surface area (Å²) >= 11 is 0. The number of carbonyl (C=O) groups excluding carboxylic acids is 2. The van der Waals surface area contributed by atoms with Crippen LogP contribution in [0.25, 0.3) is 10.8 Å². The molecule has 4 rings (SSSR count). The molecule has 5 heteroatoms. The predicted molar refractivity (Wildman–Crippen MR) is 78.5 cm³/mol. The molecule has 0 atom stereocenters. The lowest BCUT2D eigenvalue weighted by molar-refractivity contribution is 0.0704. The summed E-state index contributed by atoms with van der Waals surface area (Å²) in [5, 5.41) is 31.1. The van der Waals surface area contributed by atoms with Gasteiger partial charge in [0.05, 0.1) is 21.9 Å². The van der Waals surface area contributed by atoms with Crippen LogP contribution >= 0.6 is 0 Å². The number of benzene rings is 2. The molecule has 1 saturated carbocycles. The van der Waals surface area contributed by atoms with Gasteiger partial charge < -0.3 is 15.3 Å². The van der Waals surface area contributed by atoms with E-state index in [-0.39, 0.29) is 33.4 Å². The third kappa shape index (κ3) is 1.29. The number of fused-ring (bicyclic) bond motifs is 2. The topological polar surface area (TPSA) is 94.8 Å². The van der Waals surface area contributed by atoms with Crippen LogP contribution < -0.4 is 0 Å². The number of Topliss-reactive ketones (excluding diaryl/α,β-unsaturated/α-hetero) is 2. The van der Waals surface area contributed by atoms with Crippen molar-refractivity contribution < 1.29 is 24.9 Å². The highest BCUT2D eigenvalue weighted by Gasteiger charge is 2.56. The Morgan fingerprint density at radius 2 is 1.45 bits per heavy atom. The molecule has 2 aliphatic rings. The van der Waals surface area contributed by atoms with Crippen LogP contribution in [0.1, 0.15) is 46.4 Å². The molecule has 3 N–H and O–H groups in total. The van der Waals surface area contributed by atoms with Crippen molar-refractivity contribution in [3.63, 3.8) is 0 Å². The van der Waals surface area contributed by atoms with Crippen LogP contribution in [0.3, 0.4) is 0 Å². The van der Waals surface area contributed by atoms with Gasteiger partial charge in [-0.15, -0.1) is 0 Å². The van der Waals surface area contributed by atoms with Crippen LogP contribution in [0.5, 0.6) is 17.2 Å².